The van der Waals surface area contributed by atoms with Crippen LogP contribution in [-0.4, -0.2) is 71.3 Å². The lowest BCUT2D eigenvalue weighted by molar-refractivity contribution is -0.143. The van der Waals surface area contributed by atoms with Crippen LogP contribution >= 0.6 is 0 Å². The molecule has 0 bridgehead atoms. The molecule has 0 heterocycles. The molecule has 0 unspecified atom stereocenters. The summed E-state index contributed by atoms with van der Waals surface area (Å²) < 4.78 is 31.2. The minimum atomic E-state index is -3.71. The minimum absolute atomic E-state index is 0.197. The molecule has 8 nitrogen and oxygen atoms in total. The van der Waals surface area contributed by atoms with Crippen molar-refractivity contribution in [1.29, 1.82) is 0 Å². The second kappa shape index (κ2) is 9.08. The first-order valence-electron chi connectivity index (χ1n) is 6.91. The molecule has 1 N–H and O–H groups in total. The Hall–Kier alpha value is -0.336. The first-order valence-corrected chi connectivity index (χ1v) is 10.4. The molecule has 0 atom stereocenters. The largest absolute Gasteiger partial charge is 0.523 e. The highest BCUT2D eigenvalue weighted by atomic mass is 28.5. The van der Waals surface area contributed by atoms with Crippen LogP contribution in [0.3, 0.4) is 0 Å². The second-order valence-corrected chi connectivity index (χ2v) is 11.5. The highest BCUT2D eigenvalue weighted by molar-refractivity contribution is 6.90. The lowest BCUT2D eigenvalue weighted by Crippen LogP contribution is -2.72. The molecular formula is C12H28O8Si2. The van der Waals surface area contributed by atoms with Crippen LogP contribution in [0.2, 0.25) is 4.66 Å². The zero-order valence-corrected chi connectivity index (χ0v) is 16.4. The summed E-state index contributed by atoms with van der Waals surface area (Å²) in [6.07, 6.45) is 1.57. The number of carboxylic acid groups (broad SMARTS) is 1. The van der Waals surface area contributed by atoms with Crippen molar-refractivity contribution in [3.05, 3.63) is 0 Å². The van der Waals surface area contributed by atoms with E-state index < -0.39 is 28.2 Å². The Morgan fingerprint density at radius 3 is 1.36 bits per heavy atom. The first-order chi connectivity index (χ1) is 10.4. The SMILES string of the molecule is CCCCC(C(=O)O)([Si](OC)(OC)OC)[Si](OC)(OC)OC. The van der Waals surface area contributed by atoms with Crippen molar-refractivity contribution in [1.82, 2.24) is 0 Å². The Morgan fingerprint density at radius 2 is 1.18 bits per heavy atom. The Kier molecular flexibility index (Phi) is 8.94. The zero-order chi connectivity index (χ0) is 17.4. The van der Waals surface area contributed by atoms with E-state index in [0.29, 0.717) is 6.42 Å². The van der Waals surface area contributed by atoms with Crippen LogP contribution in [0.4, 0.5) is 0 Å². The van der Waals surface area contributed by atoms with Gasteiger partial charge in [-0.05, 0) is 6.42 Å². The number of aliphatic carboxylic acids is 1. The Labute approximate surface area is 134 Å². The van der Waals surface area contributed by atoms with Crippen LogP contribution in [0.5, 0.6) is 0 Å². The van der Waals surface area contributed by atoms with Gasteiger partial charge in [-0.3, -0.25) is 4.79 Å². The average molecular weight is 357 g/mol. The molecule has 10 heteroatoms. The quantitative estimate of drug-likeness (QED) is 0.523. The van der Waals surface area contributed by atoms with Crippen molar-refractivity contribution in [3.8, 4) is 0 Å². The van der Waals surface area contributed by atoms with E-state index in [-0.39, 0.29) is 6.42 Å². The van der Waals surface area contributed by atoms with Crippen LogP contribution < -0.4 is 0 Å². The summed E-state index contributed by atoms with van der Waals surface area (Å²) in [4.78, 5) is 12.4. The summed E-state index contributed by atoms with van der Waals surface area (Å²) >= 11 is 0. The number of carboxylic acids is 1. The maximum absolute atomic E-state index is 12.4. The molecular weight excluding hydrogens is 328 g/mol. The highest BCUT2D eigenvalue weighted by Gasteiger charge is 2.80. The molecule has 0 aromatic carbocycles. The van der Waals surface area contributed by atoms with Gasteiger partial charge >= 0.3 is 23.6 Å². The predicted molar refractivity (Wildman–Crippen MR) is 83.4 cm³/mol. The summed E-state index contributed by atoms with van der Waals surface area (Å²) in [5.74, 6) is -1.17. The molecule has 0 aromatic heterocycles. The third kappa shape index (κ3) is 3.15. The van der Waals surface area contributed by atoms with Crippen molar-refractivity contribution < 1.29 is 36.5 Å². The fourth-order valence-electron chi connectivity index (χ4n) is 2.85. The van der Waals surface area contributed by atoms with Crippen molar-refractivity contribution in [2.45, 2.75) is 30.8 Å². The van der Waals surface area contributed by atoms with Crippen molar-refractivity contribution >= 4 is 23.6 Å². The molecule has 0 aliphatic carbocycles. The Bertz CT molecular complexity index is 307. The van der Waals surface area contributed by atoms with Crippen LogP contribution in [-0.2, 0) is 31.4 Å². The fourth-order valence-corrected chi connectivity index (χ4v) is 10.8. The third-order valence-electron chi connectivity index (χ3n) is 3.93. The predicted octanol–water partition coefficient (Wildman–Crippen LogP) is 1.30. The van der Waals surface area contributed by atoms with Gasteiger partial charge in [0.15, 0.2) is 0 Å². The van der Waals surface area contributed by atoms with E-state index in [0.717, 1.165) is 6.42 Å². The average Bonchev–Trinajstić information content (AvgIpc) is 2.55. The summed E-state index contributed by atoms with van der Waals surface area (Å²) in [5, 5.41) is 10.1. The standard InChI is InChI=1S/C12H28O8Si2/c1-8-9-10-12(11(13)14,21(15-2,16-3)17-4)22(18-5,19-6)20-7/h8-10H2,1-7H3,(H,13,14). The molecule has 0 spiro atoms. The van der Waals surface area contributed by atoms with E-state index in [1.165, 1.54) is 42.7 Å². The van der Waals surface area contributed by atoms with E-state index in [4.69, 9.17) is 26.6 Å². The molecule has 0 fully saturated rings. The van der Waals surface area contributed by atoms with Gasteiger partial charge in [0, 0.05) is 42.7 Å². The van der Waals surface area contributed by atoms with Crippen molar-refractivity contribution in [2.75, 3.05) is 42.7 Å². The van der Waals surface area contributed by atoms with Crippen molar-refractivity contribution in [3.63, 3.8) is 0 Å². The molecule has 0 aliphatic rings. The lowest BCUT2D eigenvalue weighted by Gasteiger charge is -2.46. The van der Waals surface area contributed by atoms with Gasteiger partial charge in [-0.25, -0.2) is 0 Å². The van der Waals surface area contributed by atoms with Gasteiger partial charge in [-0.15, -0.1) is 0 Å². The number of unbranched alkanes of at least 4 members (excludes halogenated alkanes) is 1. The van der Waals surface area contributed by atoms with Gasteiger partial charge in [0.05, 0.1) is 0 Å². The molecule has 0 aromatic rings. The highest BCUT2D eigenvalue weighted by Crippen LogP contribution is 2.52. The van der Waals surface area contributed by atoms with Crippen molar-refractivity contribution in [2.24, 2.45) is 0 Å². The normalized spacial score (nSPS) is 13.4. The Morgan fingerprint density at radius 1 is 0.864 bits per heavy atom. The maximum atomic E-state index is 12.4. The maximum Gasteiger partial charge on any atom is 0.523 e. The molecule has 0 aliphatic heterocycles. The third-order valence-corrected chi connectivity index (χ3v) is 12.0. The van der Waals surface area contributed by atoms with E-state index in [1.807, 2.05) is 6.92 Å². The van der Waals surface area contributed by atoms with Crippen LogP contribution in [0, 0.1) is 0 Å². The molecule has 0 saturated carbocycles. The molecule has 22 heavy (non-hydrogen) atoms. The van der Waals surface area contributed by atoms with Crippen LogP contribution in [0.25, 0.3) is 0 Å². The van der Waals surface area contributed by atoms with E-state index >= 15 is 0 Å². The number of rotatable bonds is 12. The summed E-state index contributed by atoms with van der Waals surface area (Å²) in [6.45, 7) is 1.96. The zero-order valence-electron chi connectivity index (χ0n) is 14.4. The topological polar surface area (TPSA) is 92.7 Å². The first kappa shape index (κ1) is 21.7. The smallest absolute Gasteiger partial charge is 0.481 e. The summed E-state index contributed by atoms with van der Waals surface area (Å²) in [7, 11) is 0.767. The van der Waals surface area contributed by atoms with Gasteiger partial charge in [0.25, 0.3) is 0 Å². The van der Waals surface area contributed by atoms with Crippen LogP contribution in [0.15, 0.2) is 0 Å². The minimum Gasteiger partial charge on any atom is -0.481 e. The Balaban J connectivity index is 6.52. The van der Waals surface area contributed by atoms with Gasteiger partial charge < -0.3 is 31.7 Å². The van der Waals surface area contributed by atoms with E-state index in [2.05, 4.69) is 0 Å². The molecule has 0 rings (SSSR count). The molecule has 0 amide bonds. The fraction of sp³-hybridized carbons (Fsp3) is 0.917. The number of carbonyl (C=O) groups is 1. The summed E-state index contributed by atoms with van der Waals surface area (Å²) in [5.41, 5.74) is 0. The van der Waals surface area contributed by atoms with E-state index in [1.54, 1.807) is 0 Å². The van der Waals surface area contributed by atoms with Gasteiger partial charge in [-0.1, -0.05) is 19.8 Å². The molecule has 0 radical (unpaired) electrons. The number of hydrogen-bond donors (Lipinski definition) is 1. The van der Waals surface area contributed by atoms with Gasteiger partial charge in [0.1, 0.15) is 0 Å². The molecule has 0 saturated heterocycles. The van der Waals surface area contributed by atoms with E-state index in [9.17, 15) is 9.90 Å². The van der Waals surface area contributed by atoms with Gasteiger partial charge in [-0.2, -0.15) is 0 Å². The van der Waals surface area contributed by atoms with Crippen LogP contribution in [0.1, 0.15) is 26.2 Å². The summed E-state index contributed by atoms with van der Waals surface area (Å²) in [6, 6.07) is 0. The molecule has 132 valence electrons. The number of hydrogen-bond acceptors (Lipinski definition) is 7. The lowest BCUT2D eigenvalue weighted by atomic mass is 10.2. The monoisotopic (exact) mass is 356 g/mol. The second-order valence-electron chi connectivity index (χ2n) is 4.65. The van der Waals surface area contributed by atoms with Gasteiger partial charge in [0.2, 0.25) is 4.66 Å².